The van der Waals surface area contributed by atoms with Gasteiger partial charge < -0.3 is 11.1 Å². The highest BCUT2D eigenvalue weighted by Crippen LogP contribution is 2.21. The molecule has 0 aliphatic carbocycles. The van der Waals surface area contributed by atoms with E-state index in [0.717, 1.165) is 0 Å². The fourth-order valence-corrected chi connectivity index (χ4v) is 1.95. The lowest BCUT2D eigenvalue weighted by molar-refractivity contribution is -0.119. The van der Waals surface area contributed by atoms with Gasteiger partial charge in [-0.15, -0.1) is 5.10 Å². The van der Waals surface area contributed by atoms with Gasteiger partial charge in [0.2, 0.25) is 5.91 Å². The van der Waals surface area contributed by atoms with E-state index in [0.29, 0.717) is 21.4 Å². The molecule has 0 bridgehead atoms. The minimum absolute atomic E-state index is 0.0575. The van der Waals surface area contributed by atoms with Crippen LogP contribution < -0.4 is 11.1 Å². The van der Waals surface area contributed by atoms with Crippen LogP contribution >= 0.6 is 23.2 Å². The van der Waals surface area contributed by atoms with Gasteiger partial charge in [0.1, 0.15) is 5.69 Å². The quantitative estimate of drug-likeness (QED) is 0.887. The molecule has 0 spiro atoms. The highest BCUT2D eigenvalue weighted by atomic mass is 35.5. The maximum absolute atomic E-state index is 11.0. The Morgan fingerprint density at radius 1 is 1.32 bits per heavy atom. The topological polar surface area (TPSA) is 85.8 Å². The number of rotatable bonds is 4. The van der Waals surface area contributed by atoms with Crippen molar-refractivity contribution in [1.82, 2.24) is 20.3 Å². The zero-order valence-electron chi connectivity index (χ0n) is 9.81. The number of hydrogen-bond donors (Lipinski definition) is 2. The number of amides is 1. The third kappa shape index (κ3) is 3.66. The molecule has 0 atom stereocenters. The Morgan fingerprint density at radius 2 is 2.00 bits per heavy atom. The summed E-state index contributed by atoms with van der Waals surface area (Å²) in [4.78, 5) is 11.0. The molecule has 0 unspecified atom stereocenters. The molecule has 3 N–H and O–H groups in total. The fraction of sp³-hybridized carbons (Fsp3) is 0.182. The minimum atomic E-state index is -0.250. The van der Waals surface area contributed by atoms with Crippen LogP contribution in [0.2, 0.25) is 10.0 Å². The summed E-state index contributed by atoms with van der Waals surface area (Å²) in [5.74, 6) is -0.250. The summed E-state index contributed by atoms with van der Waals surface area (Å²) in [6, 6.07) is 5.06. The second-order valence-electron chi connectivity index (χ2n) is 3.76. The van der Waals surface area contributed by atoms with Crippen molar-refractivity contribution in [2.45, 2.75) is 6.54 Å². The van der Waals surface area contributed by atoms with E-state index in [1.807, 2.05) is 0 Å². The maximum atomic E-state index is 11.0. The van der Waals surface area contributed by atoms with Gasteiger partial charge in [0, 0.05) is 10.0 Å². The largest absolute Gasteiger partial charge is 0.349 e. The molecular weight excluding hydrogens is 289 g/mol. The molecule has 1 heterocycles. The minimum Gasteiger partial charge on any atom is -0.349 e. The lowest BCUT2D eigenvalue weighted by atomic mass is 10.3. The number of nitrogens with zero attached hydrogens (tertiary/aromatic N) is 3. The van der Waals surface area contributed by atoms with Crippen LogP contribution in [0.3, 0.4) is 0 Å². The summed E-state index contributed by atoms with van der Waals surface area (Å²) < 4.78 is 1.53. The van der Waals surface area contributed by atoms with E-state index in [1.54, 1.807) is 24.4 Å². The van der Waals surface area contributed by atoms with E-state index in [2.05, 4.69) is 15.6 Å². The van der Waals surface area contributed by atoms with Gasteiger partial charge >= 0.3 is 0 Å². The van der Waals surface area contributed by atoms with Crippen molar-refractivity contribution in [1.29, 1.82) is 0 Å². The molecular formula is C11H11Cl2N5O. The number of carbonyl (C=O) groups is 1. The lowest BCUT2D eigenvalue weighted by Gasteiger charge is -2.01. The molecule has 0 radical (unpaired) electrons. The standard InChI is InChI=1S/C11H11Cl2N5O/c12-7-1-8(13)3-10(2-7)18-6-9(16-17-18)5-15-11(19)4-14/h1-3,6H,4-5,14H2,(H,15,19). The molecule has 0 aliphatic rings. The number of aromatic nitrogens is 3. The Labute approximate surface area is 119 Å². The number of hydrogen-bond acceptors (Lipinski definition) is 4. The van der Waals surface area contributed by atoms with Crippen molar-refractivity contribution in [3.8, 4) is 5.69 Å². The van der Waals surface area contributed by atoms with Gasteiger partial charge in [-0.05, 0) is 18.2 Å². The highest BCUT2D eigenvalue weighted by molar-refractivity contribution is 6.34. The summed E-state index contributed by atoms with van der Waals surface area (Å²) >= 11 is 11.8. The molecule has 8 heteroatoms. The Morgan fingerprint density at radius 3 is 2.63 bits per heavy atom. The first-order valence-electron chi connectivity index (χ1n) is 5.43. The molecule has 0 aliphatic heterocycles. The van der Waals surface area contributed by atoms with Crippen LogP contribution in [0.5, 0.6) is 0 Å². The third-order valence-electron chi connectivity index (χ3n) is 2.30. The first-order chi connectivity index (χ1) is 9.08. The van der Waals surface area contributed by atoms with E-state index >= 15 is 0 Å². The number of halogens is 2. The van der Waals surface area contributed by atoms with Crippen molar-refractivity contribution in [3.05, 3.63) is 40.1 Å². The monoisotopic (exact) mass is 299 g/mol. The van der Waals surface area contributed by atoms with Crippen LogP contribution in [0.1, 0.15) is 5.69 Å². The van der Waals surface area contributed by atoms with Crippen molar-refractivity contribution in [2.24, 2.45) is 5.73 Å². The van der Waals surface area contributed by atoms with Gasteiger partial charge in [-0.2, -0.15) is 0 Å². The SMILES string of the molecule is NCC(=O)NCc1cn(-c2cc(Cl)cc(Cl)c2)nn1. The molecule has 1 amide bonds. The number of nitrogens with two attached hydrogens (primary N) is 1. The van der Waals surface area contributed by atoms with Gasteiger partial charge in [-0.1, -0.05) is 28.4 Å². The Hall–Kier alpha value is -1.63. The number of nitrogens with one attached hydrogen (secondary N) is 1. The van der Waals surface area contributed by atoms with Crippen LogP contribution in [-0.2, 0) is 11.3 Å². The average Bonchev–Trinajstić information content (AvgIpc) is 2.83. The predicted octanol–water partition coefficient (Wildman–Crippen LogP) is 1.15. The third-order valence-corrected chi connectivity index (χ3v) is 2.74. The van der Waals surface area contributed by atoms with Gasteiger partial charge in [-0.25, -0.2) is 4.68 Å². The molecule has 1 aromatic heterocycles. The van der Waals surface area contributed by atoms with Crippen molar-refractivity contribution in [2.75, 3.05) is 6.54 Å². The zero-order chi connectivity index (χ0) is 13.8. The van der Waals surface area contributed by atoms with Crippen molar-refractivity contribution < 1.29 is 4.79 Å². The Bertz CT molecular complexity index is 578. The number of benzene rings is 1. The molecule has 2 aromatic rings. The van der Waals surface area contributed by atoms with Gasteiger partial charge in [0.15, 0.2) is 0 Å². The second kappa shape index (κ2) is 6.01. The van der Waals surface area contributed by atoms with Crippen LogP contribution in [0.15, 0.2) is 24.4 Å². The van der Waals surface area contributed by atoms with Gasteiger partial charge in [0.25, 0.3) is 0 Å². The molecule has 0 saturated heterocycles. The van der Waals surface area contributed by atoms with E-state index < -0.39 is 0 Å². The smallest absolute Gasteiger partial charge is 0.234 e. The van der Waals surface area contributed by atoms with Crippen LogP contribution in [0.4, 0.5) is 0 Å². The first kappa shape index (κ1) is 13.8. The summed E-state index contributed by atoms with van der Waals surface area (Å²) in [5.41, 5.74) is 6.49. The lowest BCUT2D eigenvalue weighted by Crippen LogP contribution is -2.29. The highest BCUT2D eigenvalue weighted by Gasteiger charge is 2.06. The van der Waals surface area contributed by atoms with Crippen LogP contribution in [0, 0.1) is 0 Å². The first-order valence-corrected chi connectivity index (χ1v) is 6.18. The Balaban J connectivity index is 2.14. The molecule has 6 nitrogen and oxygen atoms in total. The van der Waals surface area contributed by atoms with Gasteiger partial charge in [-0.3, -0.25) is 4.79 Å². The number of carbonyl (C=O) groups excluding carboxylic acids is 1. The Kier molecular flexibility index (Phi) is 4.36. The van der Waals surface area contributed by atoms with Crippen molar-refractivity contribution >= 4 is 29.1 Å². The zero-order valence-corrected chi connectivity index (χ0v) is 11.3. The summed E-state index contributed by atoms with van der Waals surface area (Å²) in [5, 5.41) is 11.5. The molecule has 19 heavy (non-hydrogen) atoms. The van der Waals surface area contributed by atoms with Crippen LogP contribution in [-0.4, -0.2) is 27.4 Å². The van der Waals surface area contributed by atoms with Crippen LogP contribution in [0.25, 0.3) is 5.69 Å². The van der Waals surface area contributed by atoms with E-state index in [-0.39, 0.29) is 19.0 Å². The molecule has 100 valence electrons. The predicted molar refractivity (Wildman–Crippen MR) is 72.3 cm³/mol. The molecule has 2 rings (SSSR count). The average molecular weight is 300 g/mol. The van der Waals surface area contributed by atoms with Gasteiger partial charge in [0.05, 0.1) is 25.0 Å². The summed E-state index contributed by atoms with van der Waals surface area (Å²) in [7, 11) is 0. The molecule has 1 aromatic carbocycles. The molecule has 0 saturated carbocycles. The second-order valence-corrected chi connectivity index (χ2v) is 4.64. The van der Waals surface area contributed by atoms with E-state index in [9.17, 15) is 4.79 Å². The normalized spacial score (nSPS) is 10.5. The van der Waals surface area contributed by atoms with E-state index in [4.69, 9.17) is 28.9 Å². The van der Waals surface area contributed by atoms with Crippen molar-refractivity contribution in [3.63, 3.8) is 0 Å². The summed E-state index contributed by atoms with van der Waals surface area (Å²) in [6.45, 7) is 0.211. The van der Waals surface area contributed by atoms with E-state index in [1.165, 1.54) is 4.68 Å². The molecule has 0 fully saturated rings. The fourth-order valence-electron chi connectivity index (χ4n) is 1.44. The maximum Gasteiger partial charge on any atom is 0.234 e. The summed E-state index contributed by atoms with van der Waals surface area (Å²) in [6.07, 6.45) is 1.68.